The van der Waals surface area contributed by atoms with Crippen molar-refractivity contribution in [3.8, 4) is 0 Å². The largest absolute Gasteiger partial charge is 0.388 e. The predicted octanol–water partition coefficient (Wildman–Crippen LogP) is 3.23. The van der Waals surface area contributed by atoms with Crippen molar-refractivity contribution in [1.29, 1.82) is 0 Å². The average Bonchev–Trinajstić information content (AvgIpc) is 2.85. The summed E-state index contributed by atoms with van der Waals surface area (Å²) in [5.41, 5.74) is 0.680. The minimum atomic E-state index is -0.561. The number of benzene rings is 1. The third-order valence-corrected chi connectivity index (χ3v) is 4.20. The van der Waals surface area contributed by atoms with Crippen molar-refractivity contribution in [2.75, 3.05) is 19.6 Å². The van der Waals surface area contributed by atoms with E-state index < -0.39 is 6.10 Å². The molecule has 19 heavy (non-hydrogen) atoms. The first-order valence-corrected chi connectivity index (χ1v) is 7.22. The molecule has 0 bridgehead atoms. The lowest BCUT2D eigenvalue weighted by Gasteiger charge is -2.19. The summed E-state index contributed by atoms with van der Waals surface area (Å²) in [7, 11) is 0. The van der Waals surface area contributed by atoms with E-state index in [2.05, 4.69) is 18.7 Å². The number of aliphatic hydroxyl groups is 1. The highest BCUT2D eigenvalue weighted by atomic mass is 19.1. The van der Waals surface area contributed by atoms with Crippen molar-refractivity contribution in [3.63, 3.8) is 0 Å². The Hall–Kier alpha value is -0.930. The highest BCUT2D eigenvalue weighted by Crippen LogP contribution is 2.25. The molecule has 0 saturated carbocycles. The molecule has 0 spiro atoms. The first kappa shape index (κ1) is 14.5. The molecule has 1 saturated heterocycles. The van der Waals surface area contributed by atoms with Gasteiger partial charge in [0.05, 0.1) is 6.10 Å². The van der Waals surface area contributed by atoms with Crippen LogP contribution in [0.25, 0.3) is 0 Å². The fourth-order valence-electron chi connectivity index (χ4n) is 2.80. The van der Waals surface area contributed by atoms with Gasteiger partial charge in [-0.2, -0.15) is 0 Å². The molecular formula is C16H24FNO. The van der Waals surface area contributed by atoms with E-state index in [4.69, 9.17) is 0 Å². The SMILES string of the molecule is CC(C)C1CCN(CCC(O)c2cccc(F)c2)C1. The van der Waals surface area contributed by atoms with Gasteiger partial charge in [-0.1, -0.05) is 26.0 Å². The number of nitrogens with zero attached hydrogens (tertiary/aromatic N) is 1. The molecule has 1 aromatic carbocycles. The van der Waals surface area contributed by atoms with Crippen LogP contribution in [0.1, 0.15) is 38.4 Å². The topological polar surface area (TPSA) is 23.5 Å². The zero-order chi connectivity index (χ0) is 13.8. The molecule has 2 nitrogen and oxygen atoms in total. The van der Waals surface area contributed by atoms with Gasteiger partial charge in [0.1, 0.15) is 5.82 Å². The van der Waals surface area contributed by atoms with Crippen LogP contribution in [0.2, 0.25) is 0 Å². The smallest absolute Gasteiger partial charge is 0.123 e. The summed E-state index contributed by atoms with van der Waals surface area (Å²) in [5, 5.41) is 10.1. The van der Waals surface area contributed by atoms with E-state index in [0.29, 0.717) is 12.0 Å². The first-order valence-electron chi connectivity index (χ1n) is 7.22. The Morgan fingerprint density at radius 2 is 2.21 bits per heavy atom. The van der Waals surface area contributed by atoms with Crippen LogP contribution < -0.4 is 0 Å². The molecule has 2 unspecified atom stereocenters. The molecule has 1 heterocycles. The van der Waals surface area contributed by atoms with Crippen LogP contribution in [0.5, 0.6) is 0 Å². The van der Waals surface area contributed by atoms with Crippen LogP contribution >= 0.6 is 0 Å². The van der Waals surface area contributed by atoms with Gasteiger partial charge in [-0.3, -0.25) is 0 Å². The van der Waals surface area contributed by atoms with Crippen molar-refractivity contribution >= 4 is 0 Å². The van der Waals surface area contributed by atoms with Crippen molar-refractivity contribution in [2.24, 2.45) is 11.8 Å². The molecule has 1 aliphatic rings. The molecule has 2 rings (SSSR count). The standard InChI is InChI=1S/C16H24FNO/c1-12(2)14-6-8-18(11-14)9-7-16(19)13-4-3-5-15(17)10-13/h3-5,10,12,14,16,19H,6-9,11H2,1-2H3. The van der Waals surface area contributed by atoms with E-state index >= 15 is 0 Å². The Bertz CT molecular complexity index is 407. The van der Waals surface area contributed by atoms with Crippen LogP contribution in [0, 0.1) is 17.7 Å². The monoisotopic (exact) mass is 265 g/mol. The van der Waals surface area contributed by atoms with Gasteiger partial charge in [0, 0.05) is 13.1 Å². The van der Waals surface area contributed by atoms with Crippen molar-refractivity contribution in [2.45, 2.75) is 32.8 Å². The number of likely N-dealkylation sites (tertiary alicyclic amines) is 1. The van der Waals surface area contributed by atoms with Crippen LogP contribution in [-0.4, -0.2) is 29.6 Å². The van der Waals surface area contributed by atoms with E-state index in [9.17, 15) is 9.50 Å². The number of rotatable bonds is 5. The third kappa shape index (κ3) is 4.02. The fraction of sp³-hybridized carbons (Fsp3) is 0.625. The second-order valence-corrected chi connectivity index (χ2v) is 5.95. The molecule has 0 aromatic heterocycles. The molecule has 2 atom stereocenters. The van der Waals surface area contributed by atoms with Crippen molar-refractivity contribution in [3.05, 3.63) is 35.6 Å². The lowest BCUT2D eigenvalue weighted by molar-refractivity contribution is 0.147. The molecule has 0 radical (unpaired) electrons. The van der Waals surface area contributed by atoms with Crippen molar-refractivity contribution in [1.82, 2.24) is 4.90 Å². The maximum Gasteiger partial charge on any atom is 0.123 e. The lowest BCUT2D eigenvalue weighted by Crippen LogP contribution is -2.24. The quantitative estimate of drug-likeness (QED) is 0.883. The summed E-state index contributed by atoms with van der Waals surface area (Å²) < 4.78 is 13.1. The summed E-state index contributed by atoms with van der Waals surface area (Å²) in [5.74, 6) is 1.24. The highest BCUT2D eigenvalue weighted by molar-refractivity contribution is 5.18. The Kier molecular flexibility index (Phi) is 4.94. The highest BCUT2D eigenvalue weighted by Gasteiger charge is 2.24. The van der Waals surface area contributed by atoms with Gasteiger partial charge < -0.3 is 10.0 Å². The Morgan fingerprint density at radius 1 is 1.42 bits per heavy atom. The molecule has 106 valence electrons. The predicted molar refractivity (Wildman–Crippen MR) is 75.4 cm³/mol. The van der Waals surface area contributed by atoms with Gasteiger partial charge in [-0.25, -0.2) is 4.39 Å². The van der Waals surface area contributed by atoms with E-state index in [0.717, 1.165) is 31.5 Å². The van der Waals surface area contributed by atoms with Gasteiger partial charge in [-0.15, -0.1) is 0 Å². The minimum Gasteiger partial charge on any atom is -0.388 e. The van der Waals surface area contributed by atoms with Gasteiger partial charge in [0.25, 0.3) is 0 Å². The summed E-state index contributed by atoms with van der Waals surface area (Å²) in [6.07, 6.45) is 1.37. The van der Waals surface area contributed by atoms with E-state index in [1.807, 2.05) is 0 Å². The molecular weight excluding hydrogens is 241 g/mol. The second-order valence-electron chi connectivity index (χ2n) is 5.95. The van der Waals surface area contributed by atoms with E-state index in [-0.39, 0.29) is 5.82 Å². The summed E-state index contributed by atoms with van der Waals surface area (Å²) in [4.78, 5) is 2.41. The zero-order valence-corrected chi connectivity index (χ0v) is 11.8. The maximum absolute atomic E-state index is 13.1. The van der Waals surface area contributed by atoms with E-state index in [1.54, 1.807) is 12.1 Å². The second kappa shape index (κ2) is 6.49. The van der Waals surface area contributed by atoms with Crippen LogP contribution in [0.4, 0.5) is 4.39 Å². The molecule has 1 aromatic rings. The van der Waals surface area contributed by atoms with Gasteiger partial charge >= 0.3 is 0 Å². The molecule has 1 fully saturated rings. The summed E-state index contributed by atoms with van der Waals surface area (Å²) in [6.45, 7) is 7.69. The Morgan fingerprint density at radius 3 is 2.84 bits per heavy atom. The first-order chi connectivity index (χ1) is 9.06. The number of aliphatic hydroxyl groups excluding tert-OH is 1. The molecule has 0 aliphatic carbocycles. The molecule has 1 N–H and O–H groups in total. The maximum atomic E-state index is 13.1. The Labute approximate surface area is 115 Å². The lowest BCUT2D eigenvalue weighted by atomic mass is 9.95. The fourth-order valence-corrected chi connectivity index (χ4v) is 2.80. The van der Waals surface area contributed by atoms with Crippen LogP contribution in [0.15, 0.2) is 24.3 Å². The van der Waals surface area contributed by atoms with E-state index in [1.165, 1.54) is 18.6 Å². The number of halogens is 1. The zero-order valence-electron chi connectivity index (χ0n) is 11.8. The van der Waals surface area contributed by atoms with Gasteiger partial charge in [0.2, 0.25) is 0 Å². The number of hydrogen-bond acceptors (Lipinski definition) is 2. The Balaban J connectivity index is 1.80. The van der Waals surface area contributed by atoms with Gasteiger partial charge in [-0.05, 0) is 48.9 Å². The number of hydrogen-bond donors (Lipinski definition) is 1. The molecule has 0 amide bonds. The average molecular weight is 265 g/mol. The summed E-state index contributed by atoms with van der Waals surface area (Å²) >= 11 is 0. The van der Waals surface area contributed by atoms with Crippen LogP contribution in [-0.2, 0) is 0 Å². The minimum absolute atomic E-state index is 0.280. The molecule has 1 aliphatic heterocycles. The molecule has 3 heteroatoms. The van der Waals surface area contributed by atoms with Crippen LogP contribution in [0.3, 0.4) is 0 Å². The summed E-state index contributed by atoms with van der Waals surface area (Å²) in [6, 6.07) is 6.27. The third-order valence-electron chi connectivity index (χ3n) is 4.20. The van der Waals surface area contributed by atoms with Crippen molar-refractivity contribution < 1.29 is 9.50 Å². The normalized spacial score (nSPS) is 22.1. The van der Waals surface area contributed by atoms with Gasteiger partial charge in [0.15, 0.2) is 0 Å².